The Kier molecular flexibility index (Phi) is 5.14. The van der Waals surface area contributed by atoms with Gasteiger partial charge in [-0.05, 0) is 43.6 Å². The van der Waals surface area contributed by atoms with Gasteiger partial charge in [0.25, 0.3) is 0 Å². The molecule has 0 bridgehead atoms. The van der Waals surface area contributed by atoms with Gasteiger partial charge in [-0.3, -0.25) is 14.5 Å². The topological polar surface area (TPSA) is 43.9 Å². The third-order valence-corrected chi connectivity index (χ3v) is 4.94. The van der Waals surface area contributed by atoms with Crippen LogP contribution in [0.1, 0.15) is 30.9 Å². The second-order valence-electron chi connectivity index (χ2n) is 6.63. The minimum Gasteiger partial charge on any atom is -0.342 e. The van der Waals surface area contributed by atoms with E-state index in [2.05, 4.69) is 4.90 Å². The van der Waals surface area contributed by atoms with Crippen molar-refractivity contribution in [2.24, 2.45) is 0 Å². The highest BCUT2D eigenvalue weighted by molar-refractivity contribution is 5.89. The summed E-state index contributed by atoms with van der Waals surface area (Å²) in [6.07, 6.45) is 3.30. The van der Waals surface area contributed by atoms with Crippen molar-refractivity contribution in [1.82, 2.24) is 14.7 Å². The Bertz CT molecular complexity index is 599. The highest BCUT2D eigenvalue weighted by Gasteiger charge is 2.34. The SMILES string of the molecule is CN1CCN(C(=O)C(c2ccc(F)cc2)N2CCCCC2)CC1=O. The lowest BCUT2D eigenvalue weighted by Crippen LogP contribution is -2.54. The molecule has 130 valence electrons. The first-order valence-electron chi connectivity index (χ1n) is 8.58. The molecule has 5 nitrogen and oxygen atoms in total. The van der Waals surface area contributed by atoms with Gasteiger partial charge < -0.3 is 9.80 Å². The maximum absolute atomic E-state index is 13.3. The lowest BCUT2D eigenvalue weighted by atomic mass is 10.00. The van der Waals surface area contributed by atoms with Crippen molar-refractivity contribution in [2.75, 3.05) is 39.8 Å². The standard InChI is InChI=1S/C18H24FN3O2/c1-20-11-12-22(13-16(20)23)18(24)17(21-9-3-2-4-10-21)14-5-7-15(19)8-6-14/h5-8,17H,2-4,9-13H2,1H3. The number of hydrogen-bond acceptors (Lipinski definition) is 3. The molecule has 6 heteroatoms. The summed E-state index contributed by atoms with van der Waals surface area (Å²) in [7, 11) is 1.76. The summed E-state index contributed by atoms with van der Waals surface area (Å²) in [5.74, 6) is -0.394. The quantitative estimate of drug-likeness (QED) is 0.845. The zero-order valence-corrected chi connectivity index (χ0v) is 14.1. The summed E-state index contributed by atoms with van der Waals surface area (Å²) in [6, 6.07) is 5.74. The normalized spacial score (nSPS) is 21.0. The lowest BCUT2D eigenvalue weighted by Gasteiger charge is -2.39. The summed E-state index contributed by atoms with van der Waals surface area (Å²) in [5, 5.41) is 0. The van der Waals surface area contributed by atoms with Crippen molar-refractivity contribution < 1.29 is 14.0 Å². The largest absolute Gasteiger partial charge is 0.342 e. The van der Waals surface area contributed by atoms with Crippen LogP contribution in [-0.2, 0) is 9.59 Å². The molecular formula is C18H24FN3O2. The van der Waals surface area contributed by atoms with E-state index < -0.39 is 6.04 Å². The van der Waals surface area contributed by atoms with Crippen molar-refractivity contribution in [3.8, 4) is 0 Å². The first-order valence-corrected chi connectivity index (χ1v) is 8.58. The van der Waals surface area contributed by atoms with E-state index in [4.69, 9.17) is 0 Å². The van der Waals surface area contributed by atoms with Crippen LogP contribution in [-0.4, -0.2) is 66.3 Å². The van der Waals surface area contributed by atoms with Crippen molar-refractivity contribution in [1.29, 1.82) is 0 Å². The minimum atomic E-state index is -0.429. The Hall–Kier alpha value is -1.95. The number of carbonyl (C=O) groups excluding carboxylic acids is 2. The minimum absolute atomic E-state index is 0.0360. The first kappa shape index (κ1) is 16.9. The van der Waals surface area contributed by atoms with Gasteiger partial charge in [-0.15, -0.1) is 0 Å². The number of amides is 2. The number of likely N-dealkylation sites (tertiary alicyclic amines) is 1. The summed E-state index contributed by atoms with van der Waals surface area (Å²) in [6.45, 7) is 2.94. The molecule has 0 aliphatic carbocycles. The zero-order chi connectivity index (χ0) is 17.1. The Balaban J connectivity index is 1.84. The van der Waals surface area contributed by atoms with Gasteiger partial charge in [0.1, 0.15) is 11.9 Å². The van der Waals surface area contributed by atoms with Crippen molar-refractivity contribution in [3.63, 3.8) is 0 Å². The molecule has 2 heterocycles. The van der Waals surface area contributed by atoms with E-state index in [0.29, 0.717) is 13.1 Å². The van der Waals surface area contributed by atoms with Gasteiger partial charge in [0, 0.05) is 20.1 Å². The van der Waals surface area contributed by atoms with E-state index in [0.717, 1.165) is 31.5 Å². The number of benzene rings is 1. The van der Waals surface area contributed by atoms with Gasteiger partial charge in [-0.2, -0.15) is 0 Å². The molecule has 0 aromatic heterocycles. The maximum Gasteiger partial charge on any atom is 0.245 e. The smallest absolute Gasteiger partial charge is 0.245 e. The molecule has 2 aliphatic heterocycles. The van der Waals surface area contributed by atoms with Crippen LogP contribution in [0.15, 0.2) is 24.3 Å². The third kappa shape index (κ3) is 3.59. The molecule has 24 heavy (non-hydrogen) atoms. The van der Waals surface area contributed by atoms with Crippen LogP contribution in [0.25, 0.3) is 0 Å². The molecule has 0 N–H and O–H groups in total. The lowest BCUT2D eigenvalue weighted by molar-refractivity contribution is -0.148. The molecule has 2 fully saturated rings. The van der Waals surface area contributed by atoms with Crippen molar-refractivity contribution in [3.05, 3.63) is 35.6 Å². The highest BCUT2D eigenvalue weighted by atomic mass is 19.1. The van der Waals surface area contributed by atoms with Crippen LogP contribution in [0.2, 0.25) is 0 Å². The van der Waals surface area contributed by atoms with Crippen LogP contribution in [0.4, 0.5) is 4.39 Å². The number of nitrogens with zero attached hydrogens (tertiary/aromatic N) is 3. The summed E-state index contributed by atoms with van der Waals surface area (Å²) >= 11 is 0. The molecule has 0 radical (unpaired) electrons. The van der Waals surface area contributed by atoms with Gasteiger partial charge in [0.05, 0.1) is 6.54 Å². The van der Waals surface area contributed by atoms with Crippen LogP contribution in [0.5, 0.6) is 0 Å². The van der Waals surface area contributed by atoms with E-state index in [9.17, 15) is 14.0 Å². The van der Waals surface area contributed by atoms with E-state index in [1.165, 1.54) is 18.6 Å². The summed E-state index contributed by atoms with van der Waals surface area (Å²) < 4.78 is 13.3. The van der Waals surface area contributed by atoms with E-state index in [1.54, 1.807) is 29.0 Å². The molecule has 0 saturated carbocycles. The van der Waals surface area contributed by atoms with E-state index >= 15 is 0 Å². The summed E-state index contributed by atoms with van der Waals surface area (Å²) in [5.41, 5.74) is 0.801. The fourth-order valence-corrected chi connectivity index (χ4v) is 3.45. The number of piperazine rings is 1. The number of rotatable bonds is 3. The molecule has 1 atom stereocenters. The van der Waals surface area contributed by atoms with Crippen molar-refractivity contribution >= 4 is 11.8 Å². The fourth-order valence-electron chi connectivity index (χ4n) is 3.45. The molecule has 1 aromatic rings. The predicted molar refractivity (Wildman–Crippen MR) is 88.8 cm³/mol. The second-order valence-corrected chi connectivity index (χ2v) is 6.63. The van der Waals surface area contributed by atoms with Crippen molar-refractivity contribution in [2.45, 2.75) is 25.3 Å². The van der Waals surface area contributed by atoms with Crippen LogP contribution in [0.3, 0.4) is 0 Å². The maximum atomic E-state index is 13.3. The number of carbonyl (C=O) groups is 2. The monoisotopic (exact) mass is 333 g/mol. The molecule has 2 amide bonds. The average molecular weight is 333 g/mol. The van der Waals surface area contributed by atoms with Gasteiger partial charge in [0.2, 0.25) is 11.8 Å². The zero-order valence-electron chi connectivity index (χ0n) is 14.1. The van der Waals surface area contributed by atoms with Crippen LogP contribution >= 0.6 is 0 Å². The Morgan fingerprint density at radius 2 is 1.71 bits per heavy atom. The third-order valence-electron chi connectivity index (χ3n) is 4.94. The molecule has 1 aromatic carbocycles. The van der Waals surface area contributed by atoms with E-state index in [1.807, 2.05) is 0 Å². The number of piperidine rings is 1. The average Bonchev–Trinajstić information content (AvgIpc) is 2.60. The number of halogens is 1. The Labute approximate surface area is 142 Å². The van der Waals surface area contributed by atoms with Gasteiger partial charge in [-0.25, -0.2) is 4.39 Å². The fraction of sp³-hybridized carbons (Fsp3) is 0.556. The van der Waals surface area contributed by atoms with Gasteiger partial charge >= 0.3 is 0 Å². The van der Waals surface area contributed by atoms with E-state index in [-0.39, 0.29) is 24.2 Å². The Morgan fingerprint density at radius 3 is 2.33 bits per heavy atom. The molecule has 2 saturated heterocycles. The second kappa shape index (κ2) is 7.30. The number of likely N-dealkylation sites (N-methyl/N-ethyl adjacent to an activating group) is 1. The molecule has 3 rings (SSSR count). The van der Waals surface area contributed by atoms with Gasteiger partial charge in [0.15, 0.2) is 0 Å². The van der Waals surface area contributed by atoms with Gasteiger partial charge in [-0.1, -0.05) is 18.6 Å². The van der Waals surface area contributed by atoms with Crippen LogP contribution < -0.4 is 0 Å². The molecule has 0 spiro atoms. The molecule has 1 unspecified atom stereocenters. The Morgan fingerprint density at radius 1 is 1.04 bits per heavy atom. The number of hydrogen-bond donors (Lipinski definition) is 0. The molecular weight excluding hydrogens is 309 g/mol. The predicted octanol–water partition coefficient (Wildman–Crippen LogP) is 1.65. The summed E-state index contributed by atoms with van der Waals surface area (Å²) in [4.78, 5) is 30.6. The molecule has 2 aliphatic rings. The van der Waals surface area contributed by atoms with Crippen LogP contribution in [0, 0.1) is 5.82 Å². The first-order chi connectivity index (χ1) is 11.6. The highest BCUT2D eigenvalue weighted by Crippen LogP contribution is 2.27.